The monoisotopic (exact) mass is 401 g/mol. The average molecular weight is 401 g/mol. The summed E-state index contributed by atoms with van der Waals surface area (Å²) in [4.78, 5) is 19.4. The lowest BCUT2D eigenvalue weighted by Gasteiger charge is -2.11. The number of ether oxygens (including phenoxy) is 1. The fourth-order valence-corrected chi connectivity index (χ4v) is 3.99. The highest BCUT2D eigenvalue weighted by Crippen LogP contribution is 2.30. The molecule has 0 bridgehead atoms. The van der Waals surface area contributed by atoms with Crippen molar-refractivity contribution in [3.63, 3.8) is 0 Å². The zero-order chi connectivity index (χ0) is 20.7. The number of imidazole rings is 1. The highest BCUT2D eigenvalue weighted by atomic mass is 16.5. The van der Waals surface area contributed by atoms with Gasteiger partial charge in [0.2, 0.25) is 0 Å². The summed E-state index contributed by atoms with van der Waals surface area (Å²) >= 11 is 0. The molecule has 7 nitrogen and oxygen atoms in total. The molecule has 3 heterocycles. The van der Waals surface area contributed by atoms with Crippen LogP contribution in [0, 0.1) is 0 Å². The molecule has 1 aliphatic rings. The summed E-state index contributed by atoms with van der Waals surface area (Å²) in [6, 6.07) is 17.2. The van der Waals surface area contributed by atoms with Gasteiger partial charge in [-0.05, 0) is 49.9 Å². The number of primary amides is 1. The highest BCUT2D eigenvalue weighted by molar-refractivity contribution is 5.98. The number of aromatic nitrogens is 3. The van der Waals surface area contributed by atoms with E-state index in [4.69, 9.17) is 15.5 Å². The van der Waals surface area contributed by atoms with E-state index >= 15 is 0 Å². The Labute approximate surface area is 174 Å². The van der Waals surface area contributed by atoms with Crippen LogP contribution < -0.4 is 10.5 Å². The molecule has 1 amide bonds. The van der Waals surface area contributed by atoms with Gasteiger partial charge in [-0.1, -0.05) is 18.2 Å². The predicted molar refractivity (Wildman–Crippen MR) is 115 cm³/mol. The molecule has 0 saturated carbocycles. The van der Waals surface area contributed by atoms with Gasteiger partial charge in [-0.3, -0.25) is 9.89 Å². The quantitative estimate of drug-likeness (QED) is 0.549. The number of fused-ring (bicyclic) bond motifs is 3. The maximum absolute atomic E-state index is 12.3. The molecule has 3 N–H and O–H groups in total. The number of H-pyrrole nitrogens is 1. The van der Waals surface area contributed by atoms with Gasteiger partial charge in [0.25, 0.3) is 5.91 Å². The van der Waals surface area contributed by atoms with E-state index < -0.39 is 5.91 Å². The molecule has 0 aliphatic carbocycles. The largest absolute Gasteiger partial charge is 0.457 e. The Morgan fingerprint density at radius 3 is 2.47 bits per heavy atom. The normalized spacial score (nSPS) is 14.4. The molecule has 4 aromatic rings. The molecule has 152 valence electrons. The molecule has 0 unspecified atom stereocenters. The Balaban J connectivity index is 1.53. The van der Waals surface area contributed by atoms with E-state index in [0.717, 1.165) is 54.1 Å². The van der Waals surface area contributed by atoms with Crippen molar-refractivity contribution in [2.45, 2.75) is 12.8 Å². The van der Waals surface area contributed by atoms with E-state index in [1.165, 1.54) is 0 Å². The summed E-state index contributed by atoms with van der Waals surface area (Å²) in [7, 11) is 2.12. The number of benzene rings is 2. The second-order valence-corrected chi connectivity index (χ2v) is 7.64. The van der Waals surface area contributed by atoms with Crippen molar-refractivity contribution in [3.05, 3.63) is 71.5 Å². The third-order valence-electron chi connectivity index (χ3n) is 5.59. The first-order valence-corrected chi connectivity index (χ1v) is 10.0. The summed E-state index contributed by atoms with van der Waals surface area (Å²) in [5, 5.41) is 3.36. The van der Waals surface area contributed by atoms with Crippen LogP contribution in [0.1, 0.15) is 21.7 Å². The SMILES string of the molecule is CN1CCc2[nH]n3c(C(N)=O)c(-c4ccc(Oc5ccccc5)cc4)nc3c2CC1. The summed E-state index contributed by atoms with van der Waals surface area (Å²) in [6.07, 6.45) is 1.78. The molecule has 0 spiro atoms. The van der Waals surface area contributed by atoms with Gasteiger partial charge >= 0.3 is 0 Å². The zero-order valence-corrected chi connectivity index (χ0v) is 16.8. The minimum atomic E-state index is -0.504. The third kappa shape index (κ3) is 3.23. The van der Waals surface area contributed by atoms with Gasteiger partial charge < -0.3 is 15.4 Å². The number of aromatic amines is 1. The Hall–Kier alpha value is -3.58. The summed E-state index contributed by atoms with van der Waals surface area (Å²) < 4.78 is 7.61. The Morgan fingerprint density at radius 1 is 1.03 bits per heavy atom. The number of hydrogen-bond donors (Lipinski definition) is 2. The first kappa shape index (κ1) is 18.4. The number of nitrogens with zero attached hydrogens (tertiary/aromatic N) is 3. The Bertz CT molecular complexity index is 1210. The maximum Gasteiger partial charge on any atom is 0.269 e. The maximum atomic E-state index is 12.3. The fourth-order valence-electron chi connectivity index (χ4n) is 3.99. The molecule has 30 heavy (non-hydrogen) atoms. The van der Waals surface area contributed by atoms with E-state index in [1.54, 1.807) is 4.52 Å². The molecular weight excluding hydrogens is 378 g/mol. The first-order valence-electron chi connectivity index (χ1n) is 10.0. The number of rotatable bonds is 4. The molecular formula is C23H23N5O2. The second-order valence-electron chi connectivity index (χ2n) is 7.64. The van der Waals surface area contributed by atoms with Gasteiger partial charge in [-0.15, -0.1) is 0 Å². The fraction of sp³-hybridized carbons (Fsp3) is 0.217. The van der Waals surface area contributed by atoms with Crippen molar-refractivity contribution in [1.82, 2.24) is 19.5 Å². The number of carbonyl (C=O) groups excluding carboxylic acids is 1. The van der Waals surface area contributed by atoms with Crippen LogP contribution in [0.4, 0.5) is 0 Å². The van der Waals surface area contributed by atoms with Gasteiger partial charge in [0, 0.05) is 36.3 Å². The van der Waals surface area contributed by atoms with Gasteiger partial charge in [-0.25, -0.2) is 9.50 Å². The van der Waals surface area contributed by atoms with E-state index in [9.17, 15) is 4.79 Å². The van der Waals surface area contributed by atoms with Crippen molar-refractivity contribution in [2.24, 2.45) is 5.73 Å². The summed E-state index contributed by atoms with van der Waals surface area (Å²) in [5.74, 6) is 0.980. The van der Waals surface area contributed by atoms with E-state index in [1.807, 2.05) is 54.6 Å². The molecule has 0 atom stereocenters. The smallest absolute Gasteiger partial charge is 0.269 e. The topological polar surface area (TPSA) is 88.7 Å². The number of likely N-dealkylation sites (N-methyl/N-ethyl adjacent to an activating group) is 1. The summed E-state index contributed by atoms with van der Waals surface area (Å²) in [5.41, 5.74) is 10.6. The van der Waals surface area contributed by atoms with Crippen molar-refractivity contribution in [3.8, 4) is 22.8 Å². The van der Waals surface area contributed by atoms with Crippen LogP contribution in [-0.2, 0) is 12.8 Å². The molecule has 2 aromatic carbocycles. The summed E-state index contributed by atoms with van der Waals surface area (Å²) in [6.45, 7) is 1.93. The number of hydrogen-bond acceptors (Lipinski definition) is 4. The van der Waals surface area contributed by atoms with Crippen molar-refractivity contribution >= 4 is 11.6 Å². The minimum absolute atomic E-state index is 0.378. The Kier molecular flexibility index (Phi) is 4.52. The van der Waals surface area contributed by atoms with Gasteiger partial charge in [0.15, 0.2) is 11.3 Å². The van der Waals surface area contributed by atoms with Crippen LogP contribution in [0.3, 0.4) is 0 Å². The lowest BCUT2D eigenvalue weighted by atomic mass is 10.1. The Morgan fingerprint density at radius 2 is 1.73 bits per heavy atom. The van der Waals surface area contributed by atoms with Crippen LogP contribution in [0.2, 0.25) is 0 Å². The highest BCUT2D eigenvalue weighted by Gasteiger charge is 2.25. The third-order valence-corrected chi connectivity index (χ3v) is 5.59. The molecule has 0 radical (unpaired) electrons. The second kappa shape index (κ2) is 7.35. The number of nitrogens with two attached hydrogens (primary N) is 1. The van der Waals surface area contributed by atoms with E-state index in [-0.39, 0.29) is 0 Å². The zero-order valence-electron chi connectivity index (χ0n) is 16.8. The van der Waals surface area contributed by atoms with Crippen molar-refractivity contribution in [1.29, 1.82) is 0 Å². The molecule has 0 saturated heterocycles. The van der Waals surface area contributed by atoms with Gasteiger partial charge in [0.05, 0.1) is 0 Å². The van der Waals surface area contributed by atoms with Crippen LogP contribution in [0.15, 0.2) is 54.6 Å². The molecule has 2 aromatic heterocycles. The average Bonchev–Trinajstić information content (AvgIpc) is 3.21. The van der Waals surface area contributed by atoms with Crippen LogP contribution in [0.5, 0.6) is 11.5 Å². The standard InChI is InChI=1S/C23H23N5O2/c1-27-13-11-18-19(12-14-27)26-28-21(22(24)29)20(25-23(18)28)15-7-9-17(10-8-15)30-16-5-3-2-4-6-16/h2-10,26H,11-14H2,1H3,(H2,24,29). The van der Waals surface area contributed by atoms with Crippen LogP contribution in [0.25, 0.3) is 16.9 Å². The minimum Gasteiger partial charge on any atom is -0.457 e. The van der Waals surface area contributed by atoms with Gasteiger partial charge in [0.1, 0.15) is 17.2 Å². The van der Waals surface area contributed by atoms with Crippen molar-refractivity contribution in [2.75, 3.05) is 20.1 Å². The predicted octanol–water partition coefficient (Wildman–Crippen LogP) is 3.25. The van der Waals surface area contributed by atoms with Crippen molar-refractivity contribution < 1.29 is 9.53 Å². The van der Waals surface area contributed by atoms with Gasteiger partial charge in [-0.2, -0.15) is 0 Å². The molecule has 7 heteroatoms. The number of amides is 1. The molecule has 0 fully saturated rings. The van der Waals surface area contributed by atoms with E-state index in [2.05, 4.69) is 17.0 Å². The lowest BCUT2D eigenvalue weighted by Crippen LogP contribution is -2.21. The number of nitrogens with one attached hydrogen (secondary N) is 1. The molecule has 1 aliphatic heterocycles. The van der Waals surface area contributed by atoms with Crippen LogP contribution >= 0.6 is 0 Å². The lowest BCUT2D eigenvalue weighted by molar-refractivity contribution is 0.0994. The van der Waals surface area contributed by atoms with Crippen LogP contribution in [-0.4, -0.2) is 45.5 Å². The number of carbonyl (C=O) groups is 1. The number of para-hydroxylation sites is 1. The van der Waals surface area contributed by atoms with E-state index in [0.29, 0.717) is 17.1 Å². The molecule has 5 rings (SSSR count). The first-order chi connectivity index (χ1) is 14.6.